The van der Waals surface area contributed by atoms with Crippen LogP contribution in [0.3, 0.4) is 0 Å². The smallest absolute Gasteiger partial charge is 0.166 e. The molecule has 0 aliphatic carbocycles. The molecular weight excluding hydrogens is 192 g/mol. The van der Waals surface area contributed by atoms with Crippen molar-refractivity contribution in [2.75, 3.05) is 0 Å². The summed E-state index contributed by atoms with van der Waals surface area (Å²) in [5, 5.41) is 9.71. The van der Waals surface area contributed by atoms with Gasteiger partial charge in [-0.2, -0.15) is 0 Å². The van der Waals surface area contributed by atoms with Gasteiger partial charge in [-0.25, -0.2) is 0 Å². The molecule has 2 bridgehead atoms. The number of rotatable bonds is 2. The molecule has 0 aromatic heterocycles. The van der Waals surface area contributed by atoms with Gasteiger partial charge in [-0.3, -0.25) is 0 Å². The fourth-order valence-electron chi connectivity index (χ4n) is 2.87. The first-order valence-electron chi connectivity index (χ1n) is 5.97. The van der Waals surface area contributed by atoms with Crippen molar-refractivity contribution in [2.24, 2.45) is 11.8 Å². The SMILES string of the molecule is CC(C)[C@H]1CC[C@]2(C)O[C@@H]([C@H](C)O)[C@H]1O2. The molecule has 88 valence electrons. The molecule has 2 fully saturated rings. The van der Waals surface area contributed by atoms with Crippen molar-refractivity contribution in [3.8, 4) is 0 Å². The summed E-state index contributed by atoms with van der Waals surface area (Å²) in [6.07, 6.45) is 1.56. The molecule has 0 saturated carbocycles. The van der Waals surface area contributed by atoms with Gasteiger partial charge in [-0.05, 0) is 32.1 Å². The van der Waals surface area contributed by atoms with Crippen LogP contribution in [0.5, 0.6) is 0 Å². The van der Waals surface area contributed by atoms with Crippen LogP contribution in [0, 0.1) is 11.8 Å². The quantitative estimate of drug-likeness (QED) is 0.763. The normalized spacial score (nSPS) is 47.2. The van der Waals surface area contributed by atoms with Crippen LogP contribution in [-0.2, 0) is 9.47 Å². The van der Waals surface area contributed by atoms with E-state index in [1.54, 1.807) is 6.92 Å². The molecule has 3 nitrogen and oxygen atoms in total. The van der Waals surface area contributed by atoms with E-state index in [-0.39, 0.29) is 12.2 Å². The van der Waals surface area contributed by atoms with Gasteiger partial charge >= 0.3 is 0 Å². The lowest BCUT2D eigenvalue weighted by atomic mass is 9.81. The Morgan fingerprint density at radius 3 is 2.47 bits per heavy atom. The molecule has 0 aromatic rings. The lowest BCUT2D eigenvalue weighted by Crippen LogP contribution is -2.41. The number of hydrogen-bond donors (Lipinski definition) is 1. The third kappa shape index (κ3) is 1.93. The fourth-order valence-corrected chi connectivity index (χ4v) is 2.87. The molecule has 2 rings (SSSR count). The summed E-state index contributed by atoms with van der Waals surface area (Å²) >= 11 is 0. The fraction of sp³-hybridized carbons (Fsp3) is 1.00. The zero-order chi connectivity index (χ0) is 11.2. The standard InChI is InChI=1S/C12H22O3/c1-7(2)9-5-6-12(4)14-10(8(3)13)11(9)15-12/h7-11,13H,5-6H2,1-4H3/t8-,9+,10-,11-,12+/m0/s1. The summed E-state index contributed by atoms with van der Waals surface area (Å²) in [5.41, 5.74) is 0. The van der Waals surface area contributed by atoms with Crippen LogP contribution in [0.2, 0.25) is 0 Å². The molecule has 5 atom stereocenters. The second-order valence-corrected chi connectivity index (χ2v) is 5.49. The summed E-state index contributed by atoms with van der Waals surface area (Å²) in [6, 6.07) is 0. The van der Waals surface area contributed by atoms with Crippen molar-refractivity contribution in [1.82, 2.24) is 0 Å². The highest BCUT2D eigenvalue weighted by atomic mass is 16.8. The van der Waals surface area contributed by atoms with E-state index in [4.69, 9.17) is 9.47 Å². The van der Waals surface area contributed by atoms with Gasteiger partial charge in [0.05, 0.1) is 12.2 Å². The number of hydrogen-bond acceptors (Lipinski definition) is 3. The van der Waals surface area contributed by atoms with E-state index in [9.17, 15) is 5.11 Å². The lowest BCUT2D eigenvalue weighted by molar-refractivity contribution is -0.194. The van der Waals surface area contributed by atoms with Crippen LogP contribution in [0.15, 0.2) is 0 Å². The van der Waals surface area contributed by atoms with E-state index in [0.717, 1.165) is 12.8 Å². The first-order chi connectivity index (χ1) is 6.93. The van der Waals surface area contributed by atoms with E-state index in [2.05, 4.69) is 13.8 Å². The van der Waals surface area contributed by atoms with Gasteiger partial charge in [0.2, 0.25) is 0 Å². The molecule has 0 aromatic carbocycles. The summed E-state index contributed by atoms with van der Waals surface area (Å²) in [5.74, 6) is 0.653. The molecule has 1 N–H and O–H groups in total. The zero-order valence-corrected chi connectivity index (χ0v) is 10.1. The maximum absolute atomic E-state index is 9.71. The molecule has 2 aliphatic rings. The van der Waals surface area contributed by atoms with Gasteiger partial charge in [0, 0.05) is 6.42 Å². The third-order valence-corrected chi connectivity index (χ3v) is 3.78. The Labute approximate surface area is 91.8 Å². The van der Waals surface area contributed by atoms with E-state index in [1.165, 1.54) is 0 Å². The van der Waals surface area contributed by atoms with Gasteiger partial charge in [-0.1, -0.05) is 13.8 Å². The number of ether oxygens (including phenoxy) is 2. The molecule has 2 saturated heterocycles. The number of aliphatic hydroxyl groups is 1. The average Bonchev–Trinajstić information content (AvgIpc) is 2.38. The Bertz CT molecular complexity index is 239. The van der Waals surface area contributed by atoms with Crippen LogP contribution in [-0.4, -0.2) is 29.2 Å². The highest BCUT2D eigenvalue weighted by Crippen LogP contribution is 2.45. The minimum atomic E-state index is -0.448. The largest absolute Gasteiger partial charge is 0.391 e. The molecule has 15 heavy (non-hydrogen) atoms. The van der Waals surface area contributed by atoms with Gasteiger partial charge in [0.25, 0.3) is 0 Å². The van der Waals surface area contributed by atoms with Crippen LogP contribution in [0.4, 0.5) is 0 Å². The van der Waals surface area contributed by atoms with Crippen molar-refractivity contribution in [3.63, 3.8) is 0 Å². The summed E-state index contributed by atoms with van der Waals surface area (Å²) < 4.78 is 11.8. The monoisotopic (exact) mass is 214 g/mol. The average molecular weight is 214 g/mol. The van der Waals surface area contributed by atoms with Gasteiger partial charge in [0.15, 0.2) is 5.79 Å². The second kappa shape index (κ2) is 3.72. The maximum atomic E-state index is 9.71. The second-order valence-electron chi connectivity index (χ2n) is 5.49. The van der Waals surface area contributed by atoms with Crippen LogP contribution in [0.25, 0.3) is 0 Å². The Hall–Kier alpha value is -0.120. The van der Waals surface area contributed by atoms with Gasteiger partial charge in [0.1, 0.15) is 6.10 Å². The Morgan fingerprint density at radius 2 is 1.93 bits per heavy atom. The summed E-state index contributed by atoms with van der Waals surface area (Å²) in [7, 11) is 0. The van der Waals surface area contributed by atoms with Crippen molar-refractivity contribution in [3.05, 3.63) is 0 Å². The predicted octanol–water partition coefficient (Wildman–Crippen LogP) is 1.93. The molecular formula is C12H22O3. The Kier molecular flexibility index (Phi) is 2.82. The predicted molar refractivity (Wildman–Crippen MR) is 57.4 cm³/mol. The van der Waals surface area contributed by atoms with Crippen LogP contribution >= 0.6 is 0 Å². The first kappa shape index (κ1) is 11.4. The number of fused-ring (bicyclic) bond motifs is 2. The molecule has 0 radical (unpaired) electrons. The van der Waals surface area contributed by atoms with E-state index >= 15 is 0 Å². The van der Waals surface area contributed by atoms with E-state index in [1.807, 2.05) is 6.92 Å². The highest BCUT2D eigenvalue weighted by Gasteiger charge is 2.53. The molecule has 0 amide bonds. The summed E-state index contributed by atoms with van der Waals surface area (Å²) in [4.78, 5) is 0. The van der Waals surface area contributed by atoms with Crippen LogP contribution in [0.1, 0.15) is 40.5 Å². The number of aliphatic hydroxyl groups excluding tert-OH is 1. The van der Waals surface area contributed by atoms with Gasteiger partial charge < -0.3 is 14.6 Å². The Morgan fingerprint density at radius 1 is 1.27 bits per heavy atom. The minimum Gasteiger partial charge on any atom is -0.391 e. The maximum Gasteiger partial charge on any atom is 0.166 e. The Balaban J connectivity index is 2.18. The molecule has 2 aliphatic heterocycles. The van der Waals surface area contributed by atoms with Crippen molar-refractivity contribution in [1.29, 1.82) is 0 Å². The topological polar surface area (TPSA) is 38.7 Å². The molecule has 3 heteroatoms. The highest BCUT2D eigenvalue weighted by molar-refractivity contribution is 4.95. The van der Waals surface area contributed by atoms with Gasteiger partial charge in [-0.15, -0.1) is 0 Å². The summed E-state index contributed by atoms with van der Waals surface area (Å²) in [6.45, 7) is 8.20. The van der Waals surface area contributed by atoms with Crippen LogP contribution < -0.4 is 0 Å². The third-order valence-electron chi connectivity index (χ3n) is 3.78. The molecule has 2 heterocycles. The first-order valence-corrected chi connectivity index (χ1v) is 5.97. The van der Waals surface area contributed by atoms with Crippen molar-refractivity contribution in [2.45, 2.75) is 64.6 Å². The minimum absolute atomic E-state index is 0.0729. The zero-order valence-electron chi connectivity index (χ0n) is 10.1. The van der Waals surface area contributed by atoms with Crippen molar-refractivity contribution >= 4 is 0 Å². The lowest BCUT2D eigenvalue weighted by Gasteiger charge is -2.35. The molecule has 0 spiro atoms. The van der Waals surface area contributed by atoms with E-state index in [0.29, 0.717) is 11.8 Å². The van der Waals surface area contributed by atoms with Crippen molar-refractivity contribution < 1.29 is 14.6 Å². The van der Waals surface area contributed by atoms with E-state index < -0.39 is 11.9 Å². The molecule has 0 unspecified atom stereocenters.